The highest BCUT2D eigenvalue weighted by Crippen LogP contribution is 1.99. The highest BCUT2D eigenvalue weighted by atomic mass is 16.5. The summed E-state index contributed by atoms with van der Waals surface area (Å²) in [5, 5.41) is 8.76. The summed E-state index contributed by atoms with van der Waals surface area (Å²) in [6, 6.07) is 0. The quantitative estimate of drug-likeness (QED) is 0.561. The number of rotatable bonds is 9. The molecule has 13 heavy (non-hydrogen) atoms. The number of hydrogen-bond donors (Lipinski definition) is 1. The fraction of sp³-hybridized carbons (Fsp3) is 1.00. The van der Waals surface area contributed by atoms with E-state index < -0.39 is 0 Å². The molecule has 0 bridgehead atoms. The molecule has 1 unspecified atom stereocenters. The van der Waals surface area contributed by atoms with Gasteiger partial charge in [-0.2, -0.15) is 0 Å². The van der Waals surface area contributed by atoms with Crippen molar-refractivity contribution in [2.45, 2.75) is 38.7 Å². The maximum absolute atomic E-state index is 8.76. The number of aliphatic hydroxyl groups excluding tert-OH is 1. The van der Waals surface area contributed by atoms with Gasteiger partial charge in [-0.3, -0.25) is 0 Å². The molecule has 0 aromatic heterocycles. The molecule has 0 aliphatic rings. The number of hydrogen-bond acceptors (Lipinski definition) is 3. The normalized spacial score (nSPS) is 13.2. The molecule has 3 heteroatoms. The van der Waals surface area contributed by atoms with E-state index in [1.54, 1.807) is 7.11 Å². The van der Waals surface area contributed by atoms with Crippen LogP contribution >= 0.6 is 0 Å². The van der Waals surface area contributed by atoms with Gasteiger partial charge in [0.25, 0.3) is 0 Å². The van der Waals surface area contributed by atoms with Gasteiger partial charge in [-0.1, -0.05) is 26.2 Å². The van der Waals surface area contributed by atoms with Crippen LogP contribution in [-0.4, -0.2) is 38.1 Å². The molecule has 0 saturated heterocycles. The van der Waals surface area contributed by atoms with E-state index in [2.05, 4.69) is 6.92 Å². The lowest BCUT2D eigenvalue weighted by atomic mass is 10.2. The lowest BCUT2D eigenvalue weighted by molar-refractivity contribution is -0.0205. The Morgan fingerprint density at radius 2 is 2.00 bits per heavy atom. The van der Waals surface area contributed by atoms with Crippen LogP contribution in [0.2, 0.25) is 0 Å². The van der Waals surface area contributed by atoms with Crippen LogP contribution < -0.4 is 0 Å². The average Bonchev–Trinajstić information content (AvgIpc) is 2.17. The first kappa shape index (κ1) is 12.9. The van der Waals surface area contributed by atoms with E-state index in [9.17, 15) is 0 Å². The molecule has 0 spiro atoms. The number of ether oxygens (including phenoxy) is 2. The second kappa shape index (κ2) is 9.96. The fourth-order valence-corrected chi connectivity index (χ4v) is 1.04. The third-order valence-electron chi connectivity index (χ3n) is 1.98. The zero-order chi connectivity index (χ0) is 9.94. The summed E-state index contributed by atoms with van der Waals surface area (Å²) in [7, 11) is 1.58. The largest absolute Gasteiger partial charge is 0.394 e. The summed E-state index contributed by atoms with van der Waals surface area (Å²) in [6.45, 7) is 3.50. The Labute approximate surface area is 81.0 Å². The van der Waals surface area contributed by atoms with Gasteiger partial charge in [-0.15, -0.1) is 0 Å². The molecule has 0 aliphatic carbocycles. The van der Waals surface area contributed by atoms with Crippen LogP contribution in [-0.2, 0) is 9.47 Å². The third kappa shape index (κ3) is 8.22. The molecular formula is C10H22O3. The molecule has 0 aromatic rings. The van der Waals surface area contributed by atoms with Gasteiger partial charge in [0.2, 0.25) is 0 Å². The first-order valence-electron chi connectivity index (χ1n) is 5.06. The van der Waals surface area contributed by atoms with Crippen LogP contribution in [0.3, 0.4) is 0 Å². The van der Waals surface area contributed by atoms with E-state index in [0.29, 0.717) is 6.61 Å². The molecule has 0 aliphatic heterocycles. The van der Waals surface area contributed by atoms with Gasteiger partial charge >= 0.3 is 0 Å². The highest BCUT2D eigenvalue weighted by Gasteiger charge is 2.03. The molecule has 0 fully saturated rings. The highest BCUT2D eigenvalue weighted by molar-refractivity contribution is 4.51. The van der Waals surface area contributed by atoms with E-state index in [1.807, 2.05) is 0 Å². The summed E-state index contributed by atoms with van der Waals surface area (Å²) >= 11 is 0. The Bertz CT molecular complexity index is 92.2. The average molecular weight is 190 g/mol. The van der Waals surface area contributed by atoms with Crippen LogP contribution in [0.1, 0.15) is 32.6 Å². The molecule has 0 heterocycles. The monoisotopic (exact) mass is 190 g/mol. The maximum atomic E-state index is 8.76. The maximum Gasteiger partial charge on any atom is 0.103 e. The second-order valence-corrected chi connectivity index (χ2v) is 3.18. The zero-order valence-corrected chi connectivity index (χ0v) is 8.79. The van der Waals surface area contributed by atoms with Crippen LogP contribution in [0, 0.1) is 0 Å². The van der Waals surface area contributed by atoms with E-state index >= 15 is 0 Å². The van der Waals surface area contributed by atoms with Crippen LogP contribution in [0.15, 0.2) is 0 Å². The first-order valence-corrected chi connectivity index (χ1v) is 5.06. The van der Waals surface area contributed by atoms with Gasteiger partial charge in [-0.05, 0) is 6.42 Å². The molecule has 0 radical (unpaired) electrons. The molecule has 1 atom stereocenters. The van der Waals surface area contributed by atoms with Gasteiger partial charge in [0.15, 0.2) is 0 Å². The number of unbranched alkanes of at least 4 members (excludes halogenated alkanes) is 3. The summed E-state index contributed by atoms with van der Waals surface area (Å²) in [4.78, 5) is 0. The Hall–Kier alpha value is -0.120. The summed E-state index contributed by atoms with van der Waals surface area (Å²) in [5.74, 6) is 0. The smallest absolute Gasteiger partial charge is 0.103 e. The standard InChI is InChI=1S/C10H22O3/c1-3-4-5-6-7-13-9-10(8-11)12-2/h10-11H,3-9H2,1-2H3. The van der Waals surface area contributed by atoms with Gasteiger partial charge in [-0.25, -0.2) is 0 Å². The Kier molecular flexibility index (Phi) is 9.87. The molecule has 3 nitrogen and oxygen atoms in total. The van der Waals surface area contributed by atoms with Gasteiger partial charge < -0.3 is 14.6 Å². The van der Waals surface area contributed by atoms with Crippen molar-refractivity contribution < 1.29 is 14.6 Å². The van der Waals surface area contributed by atoms with Crippen LogP contribution in [0.4, 0.5) is 0 Å². The predicted molar refractivity (Wildman–Crippen MR) is 52.8 cm³/mol. The predicted octanol–water partition coefficient (Wildman–Crippen LogP) is 1.59. The van der Waals surface area contributed by atoms with Crippen molar-refractivity contribution >= 4 is 0 Å². The topological polar surface area (TPSA) is 38.7 Å². The second-order valence-electron chi connectivity index (χ2n) is 3.18. The number of aliphatic hydroxyl groups is 1. The van der Waals surface area contributed by atoms with Crippen LogP contribution in [0.5, 0.6) is 0 Å². The van der Waals surface area contributed by atoms with Gasteiger partial charge in [0.05, 0.1) is 13.2 Å². The minimum atomic E-state index is -0.161. The van der Waals surface area contributed by atoms with Crippen molar-refractivity contribution in [1.29, 1.82) is 0 Å². The lowest BCUT2D eigenvalue weighted by Crippen LogP contribution is -2.22. The van der Waals surface area contributed by atoms with Crippen molar-refractivity contribution in [2.24, 2.45) is 0 Å². The molecule has 0 rings (SSSR count). The third-order valence-corrected chi connectivity index (χ3v) is 1.98. The molecule has 0 aromatic carbocycles. The van der Waals surface area contributed by atoms with Crippen molar-refractivity contribution in [3.05, 3.63) is 0 Å². The van der Waals surface area contributed by atoms with E-state index in [4.69, 9.17) is 14.6 Å². The van der Waals surface area contributed by atoms with Gasteiger partial charge in [0.1, 0.15) is 6.10 Å². The van der Waals surface area contributed by atoms with E-state index in [1.165, 1.54) is 19.3 Å². The summed E-state index contributed by atoms with van der Waals surface area (Å²) in [5.41, 5.74) is 0. The Balaban J connectivity index is 3.05. The number of methoxy groups -OCH3 is 1. The summed E-state index contributed by atoms with van der Waals surface area (Å²) in [6.07, 6.45) is 4.70. The lowest BCUT2D eigenvalue weighted by Gasteiger charge is -2.12. The van der Waals surface area contributed by atoms with E-state index in [0.717, 1.165) is 13.0 Å². The van der Waals surface area contributed by atoms with Gasteiger partial charge in [0, 0.05) is 13.7 Å². The van der Waals surface area contributed by atoms with Crippen molar-refractivity contribution in [3.8, 4) is 0 Å². The molecule has 80 valence electrons. The SMILES string of the molecule is CCCCCCOCC(CO)OC. The molecule has 1 N–H and O–H groups in total. The molecule has 0 amide bonds. The fourth-order valence-electron chi connectivity index (χ4n) is 1.04. The van der Waals surface area contributed by atoms with Crippen molar-refractivity contribution in [3.63, 3.8) is 0 Å². The van der Waals surface area contributed by atoms with Crippen LogP contribution in [0.25, 0.3) is 0 Å². The molecular weight excluding hydrogens is 168 g/mol. The molecule has 0 saturated carbocycles. The van der Waals surface area contributed by atoms with E-state index in [-0.39, 0.29) is 12.7 Å². The first-order chi connectivity index (χ1) is 6.35. The minimum Gasteiger partial charge on any atom is -0.394 e. The Morgan fingerprint density at radius 3 is 2.54 bits per heavy atom. The Morgan fingerprint density at radius 1 is 1.23 bits per heavy atom. The summed E-state index contributed by atoms with van der Waals surface area (Å²) < 4.78 is 10.3. The van der Waals surface area contributed by atoms with Crippen molar-refractivity contribution in [2.75, 3.05) is 26.9 Å². The zero-order valence-electron chi connectivity index (χ0n) is 8.79. The van der Waals surface area contributed by atoms with Crippen molar-refractivity contribution in [1.82, 2.24) is 0 Å². The minimum absolute atomic E-state index is 0.0332.